The van der Waals surface area contributed by atoms with Crippen LogP contribution in [-0.2, 0) is 8.85 Å². The molecule has 2 nitrogen and oxygen atoms in total. The highest BCUT2D eigenvalue weighted by Crippen LogP contribution is 2.19. The largest absolute Gasteiger partial charge is 0.394 e. The quantitative estimate of drug-likeness (QED) is 0.560. The summed E-state index contributed by atoms with van der Waals surface area (Å²) in [5.74, 6) is 0.719. The first-order valence-corrected chi connectivity index (χ1v) is 8.61. The van der Waals surface area contributed by atoms with Crippen molar-refractivity contribution in [3.05, 3.63) is 0 Å². The Balaban J connectivity index is 3.99. The van der Waals surface area contributed by atoms with Gasteiger partial charge in [-0.2, -0.15) is 0 Å². The highest BCUT2D eigenvalue weighted by molar-refractivity contribution is 6.67. The molecule has 0 aromatic heterocycles. The summed E-state index contributed by atoms with van der Waals surface area (Å²) in [5, 5.41) is 0. The predicted molar refractivity (Wildman–Crippen MR) is 68.4 cm³/mol. The third-order valence-corrected chi connectivity index (χ3v) is 6.32. The van der Waals surface area contributed by atoms with Crippen molar-refractivity contribution in [2.45, 2.75) is 59.5 Å². The highest BCUT2D eigenvalue weighted by atomic mass is 28.4. The Kier molecular flexibility index (Phi) is 8.38. The molecule has 0 aliphatic rings. The zero-order valence-corrected chi connectivity index (χ0v) is 12.1. The maximum atomic E-state index is 6.06. The number of hydrogen-bond donors (Lipinski definition) is 0. The molecule has 0 aromatic rings. The second kappa shape index (κ2) is 8.31. The molecule has 0 atom stereocenters. The molecule has 0 fully saturated rings. The average Bonchev–Trinajstić information content (AvgIpc) is 2.23. The smallest absolute Gasteiger partial charge is 0.337 e. The van der Waals surface area contributed by atoms with Crippen molar-refractivity contribution < 1.29 is 8.85 Å². The Morgan fingerprint density at radius 1 is 0.933 bits per heavy atom. The SMILES string of the molecule is CCCO[Si](CC)(CC)OCCC(C)C. The van der Waals surface area contributed by atoms with Crippen LogP contribution >= 0.6 is 0 Å². The summed E-state index contributed by atoms with van der Waals surface area (Å²) in [4.78, 5) is 0. The van der Waals surface area contributed by atoms with E-state index in [9.17, 15) is 0 Å². The Morgan fingerprint density at radius 3 is 1.87 bits per heavy atom. The van der Waals surface area contributed by atoms with E-state index in [1.54, 1.807) is 0 Å². The zero-order valence-electron chi connectivity index (χ0n) is 11.1. The minimum Gasteiger partial charge on any atom is -0.394 e. The Labute approximate surface area is 96.6 Å². The van der Waals surface area contributed by atoms with E-state index in [-0.39, 0.29) is 0 Å². The van der Waals surface area contributed by atoms with Gasteiger partial charge in [-0.15, -0.1) is 0 Å². The summed E-state index contributed by atoms with van der Waals surface area (Å²) in [5.41, 5.74) is 0. The van der Waals surface area contributed by atoms with Crippen LogP contribution in [0.1, 0.15) is 47.5 Å². The fourth-order valence-electron chi connectivity index (χ4n) is 1.47. The first-order valence-electron chi connectivity index (χ1n) is 6.38. The molecule has 0 aliphatic carbocycles. The van der Waals surface area contributed by atoms with E-state index in [1.807, 2.05) is 0 Å². The van der Waals surface area contributed by atoms with Crippen LogP contribution in [0.2, 0.25) is 12.1 Å². The average molecular weight is 232 g/mol. The molecular weight excluding hydrogens is 204 g/mol. The van der Waals surface area contributed by atoms with Crippen molar-refractivity contribution in [2.24, 2.45) is 5.92 Å². The summed E-state index contributed by atoms with van der Waals surface area (Å²) in [6, 6.07) is 2.14. The fraction of sp³-hybridized carbons (Fsp3) is 1.00. The van der Waals surface area contributed by atoms with Gasteiger partial charge in [0.05, 0.1) is 0 Å². The van der Waals surface area contributed by atoms with Crippen molar-refractivity contribution in [3.63, 3.8) is 0 Å². The van der Waals surface area contributed by atoms with E-state index in [0.717, 1.165) is 44.1 Å². The van der Waals surface area contributed by atoms with E-state index in [1.165, 1.54) is 0 Å². The van der Waals surface area contributed by atoms with Gasteiger partial charge in [0.1, 0.15) is 0 Å². The minimum atomic E-state index is -1.83. The first-order chi connectivity index (χ1) is 7.10. The van der Waals surface area contributed by atoms with Crippen LogP contribution in [0, 0.1) is 5.92 Å². The van der Waals surface area contributed by atoms with Gasteiger partial charge in [0, 0.05) is 13.2 Å². The van der Waals surface area contributed by atoms with Gasteiger partial charge < -0.3 is 8.85 Å². The van der Waals surface area contributed by atoms with Crippen LogP contribution < -0.4 is 0 Å². The van der Waals surface area contributed by atoms with E-state index in [2.05, 4.69) is 34.6 Å². The molecule has 92 valence electrons. The molecule has 0 unspecified atom stereocenters. The van der Waals surface area contributed by atoms with E-state index < -0.39 is 8.56 Å². The number of hydrogen-bond acceptors (Lipinski definition) is 2. The maximum Gasteiger partial charge on any atom is 0.337 e. The maximum absolute atomic E-state index is 6.06. The van der Waals surface area contributed by atoms with Crippen molar-refractivity contribution in [3.8, 4) is 0 Å². The van der Waals surface area contributed by atoms with Crippen LogP contribution in [0.3, 0.4) is 0 Å². The lowest BCUT2D eigenvalue weighted by Gasteiger charge is -2.29. The lowest BCUT2D eigenvalue weighted by atomic mass is 10.2. The Morgan fingerprint density at radius 2 is 1.47 bits per heavy atom. The molecule has 0 saturated heterocycles. The minimum absolute atomic E-state index is 0.719. The van der Waals surface area contributed by atoms with E-state index >= 15 is 0 Å². The summed E-state index contributed by atoms with van der Waals surface area (Å²) in [6.07, 6.45) is 2.23. The highest BCUT2D eigenvalue weighted by Gasteiger charge is 2.33. The molecule has 0 saturated carbocycles. The predicted octanol–water partition coefficient (Wildman–Crippen LogP) is 3.96. The molecule has 0 spiro atoms. The van der Waals surface area contributed by atoms with E-state index in [0.29, 0.717) is 0 Å². The van der Waals surface area contributed by atoms with Crippen molar-refractivity contribution in [2.75, 3.05) is 13.2 Å². The zero-order chi connectivity index (χ0) is 11.7. The van der Waals surface area contributed by atoms with Gasteiger partial charge in [-0.1, -0.05) is 34.6 Å². The van der Waals surface area contributed by atoms with E-state index in [4.69, 9.17) is 8.85 Å². The summed E-state index contributed by atoms with van der Waals surface area (Å²) >= 11 is 0. The van der Waals surface area contributed by atoms with Gasteiger partial charge >= 0.3 is 8.56 Å². The molecule has 3 heteroatoms. The van der Waals surface area contributed by atoms with Crippen molar-refractivity contribution in [1.29, 1.82) is 0 Å². The number of rotatable bonds is 9. The molecule has 0 bridgehead atoms. The van der Waals surface area contributed by atoms with Crippen LogP contribution in [0.4, 0.5) is 0 Å². The summed E-state index contributed by atoms with van der Waals surface area (Å²) in [6.45, 7) is 12.7. The standard InChI is InChI=1S/C12H28O2Si/c1-6-10-13-15(7-2,8-3)14-11-9-12(4)5/h12H,6-11H2,1-5H3. The molecule has 0 radical (unpaired) electrons. The van der Waals surface area contributed by atoms with Gasteiger partial charge in [0.15, 0.2) is 0 Å². The normalized spacial score (nSPS) is 12.4. The second-order valence-corrected chi connectivity index (χ2v) is 8.31. The lowest BCUT2D eigenvalue weighted by molar-refractivity contribution is 0.161. The van der Waals surface area contributed by atoms with Crippen molar-refractivity contribution >= 4 is 8.56 Å². The first kappa shape index (κ1) is 15.1. The third-order valence-electron chi connectivity index (χ3n) is 2.71. The molecule has 0 heterocycles. The summed E-state index contributed by atoms with van der Waals surface area (Å²) < 4.78 is 12.0. The topological polar surface area (TPSA) is 18.5 Å². The molecule has 15 heavy (non-hydrogen) atoms. The third kappa shape index (κ3) is 6.33. The summed E-state index contributed by atoms with van der Waals surface area (Å²) in [7, 11) is -1.83. The molecular formula is C12H28O2Si. The Bertz CT molecular complexity index is 145. The monoisotopic (exact) mass is 232 g/mol. The van der Waals surface area contributed by atoms with Crippen LogP contribution in [0.25, 0.3) is 0 Å². The van der Waals surface area contributed by atoms with Crippen molar-refractivity contribution in [1.82, 2.24) is 0 Å². The molecule has 0 rings (SSSR count). The molecule has 0 aliphatic heterocycles. The van der Waals surface area contributed by atoms with Gasteiger partial charge in [-0.05, 0) is 30.8 Å². The molecule has 0 N–H and O–H groups in total. The van der Waals surface area contributed by atoms with Gasteiger partial charge in [0.2, 0.25) is 0 Å². The fourth-order valence-corrected chi connectivity index (χ4v) is 3.93. The van der Waals surface area contributed by atoms with Crippen LogP contribution in [0.5, 0.6) is 0 Å². The van der Waals surface area contributed by atoms with Crippen LogP contribution in [-0.4, -0.2) is 21.8 Å². The second-order valence-electron chi connectivity index (χ2n) is 4.50. The lowest BCUT2D eigenvalue weighted by Crippen LogP contribution is -2.41. The Hall–Kier alpha value is 0.137. The van der Waals surface area contributed by atoms with Gasteiger partial charge in [0.25, 0.3) is 0 Å². The molecule has 0 aromatic carbocycles. The molecule has 0 amide bonds. The van der Waals surface area contributed by atoms with Gasteiger partial charge in [-0.3, -0.25) is 0 Å². The van der Waals surface area contributed by atoms with Crippen LogP contribution in [0.15, 0.2) is 0 Å². The van der Waals surface area contributed by atoms with Gasteiger partial charge in [-0.25, -0.2) is 0 Å².